The Morgan fingerprint density at radius 2 is 2.00 bits per heavy atom. The molecule has 0 bridgehead atoms. The van der Waals surface area contributed by atoms with Gasteiger partial charge in [-0.15, -0.1) is 0 Å². The van der Waals surface area contributed by atoms with Crippen LogP contribution < -0.4 is 5.73 Å². The Labute approximate surface area is 90.7 Å². The number of benzene rings is 1. The zero-order valence-corrected chi connectivity index (χ0v) is 9.26. The first kappa shape index (κ1) is 11.1. The molecule has 0 saturated carbocycles. The van der Waals surface area contributed by atoms with Gasteiger partial charge in [-0.3, -0.25) is 0 Å². The van der Waals surface area contributed by atoms with Gasteiger partial charge in [-0.1, -0.05) is 42.5 Å². The molecule has 2 N–H and O–H groups in total. The third-order valence-electron chi connectivity index (χ3n) is 2.04. The lowest BCUT2D eigenvalue weighted by molar-refractivity contribution is 0.337. The van der Waals surface area contributed by atoms with Crippen LogP contribution in [0.2, 0.25) is 0 Å². The van der Waals surface area contributed by atoms with E-state index >= 15 is 0 Å². The zero-order valence-electron chi connectivity index (χ0n) is 8.44. The summed E-state index contributed by atoms with van der Waals surface area (Å²) in [6, 6.07) is 10.4. The molecule has 0 unspecified atom stereocenters. The maximum absolute atomic E-state index is 5.44. The summed E-state index contributed by atoms with van der Waals surface area (Å²) in [6.45, 7) is 1.87. The van der Waals surface area contributed by atoms with Crippen molar-refractivity contribution in [1.29, 1.82) is 0 Å². The summed E-state index contributed by atoms with van der Waals surface area (Å²) >= 11 is 4.83. The van der Waals surface area contributed by atoms with Crippen molar-refractivity contribution in [3.05, 3.63) is 35.9 Å². The molecule has 14 heavy (non-hydrogen) atoms. The van der Waals surface area contributed by atoms with E-state index < -0.39 is 0 Å². The van der Waals surface area contributed by atoms with E-state index in [0.29, 0.717) is 4.99 Å². The van der Waals surface area contributed by atoms with Gasteiger partial charge >= 0.3 is 0 Å². The molecule has 0 aliphatic rings. The molecule has 0 amide bonds. The van der Waals surface area contributed by atoms with Crippen molar-refractivity contribution in [2.45, 2.75) is 13.0 Å². The summed E-state index contributed by atoms with van der Waals surface area (Å²) in [5.74, 6) is 0. The van der Waals surface area contributed by atoms with Gasteiger partial charge in [0.25, 0.3) is 0 Å². The maximum Gasteiger partial charge on any atom is 0.0740 e. The summed E-state index contributed by atoms with van der Waals surface area (Å²) < 4.78 is 0. The van der Waals surface area contributed by atoms with Crippen LogP contribution in [-0.4, -0.2) is 23.5 Å². The second kappa shape index (κ2) is 5.73. The highest BCUT2D eigenvalue weighted by Crippen LogP contribution is 2.02. The van der Waals surface area contributed by atoms with Gasteiger partial charge in [0, 0.05) is 19.5 Å². The van der Waals surface area contributed by atoms with Gasteiger partial charge < -0.3 is 10.6 Å². The maximum atomic E-state index is 5.44. The standard InChI is InChI=1S/C11H16N2S/c1-13(8-7-11(12)14)9-10-5-3-2-4-6-10/h2-6H,7-9H2,1H3,(H2,12,14). The molecule has 76 valence electrons. The molecule has 0 fully saturated rings. The Bertz CT molecular complexity index is 285. The number of thiocarbonyl (C=S) groups is 1. The predicted molar refractivity (Wildman–Crippen MR) is 64.2 cm³/mol. The fourth-order valence-electron chi connectivity index (χ4n) is 1.28. The average molecular weight is 208 g/mol. The van der Waals surface area contributed by atoms with Crippen LogP contribution in [0, 0.1) is 0 Å². The first-order chi connectivity index (χ1) is 6.68. The molecular weight excluding hydrogens is 192 g/mol. The van der Waals surface area contributed by atoms with Gasteiger partial charge in [0.05, 0.1) is 4.99 Å². The lowest BCUT2D eigenvalue weighted by atomic mass is 10.2. The molecule has 0 saturated heterocycles. The third kappa shape index (κ3) is 4.35. The van der Waals surface area contributed by atoms with E-state index in [1.54, 1.807) is 0 Å². The van der Waals surface area contributed by atoms with Gasteiger partial charge in [0.15, 0.2) is 0 Å². The van der Waals surface area contributed by atoms with Crippen molar-refractivity contribution in [2.75, 3.05) is 13.6 Å². The van der Waals surface area contributed by atoms with E-state index in [1.165, 1.54) is 5.56 Å². The van der Waals surface area contributed by atoms with Crippen LogP contribution in [0.5, 0.6) is 0 Å². The summed E-state index contributed by atoms with van der Waals surface area (Å²) in [6.07, 6.45) is 0.790. The van der Waals surface area contributed by atoms with E-state index in [9.17, 15) is 0 Å². The molecule has 0 heterocycles. The fraction of sp³-hybridized carbons (Fsp3) is 0.364. The molecule has 3 heteroatoms. The van der Waals surface area contributed by atoms with Crippen LogP contribution in [0.25, 0.3) is 0 Å². The second-order valence-electron chi connectivity index (χ2n) is 3.44. The monoisotopic (exact) mass is 208 g/mol. The highest BCUT2D eigenvalue weighted by molar-refractivity contribution is 7.80. The van der Waals surface area contributed by atoms with Gasteiger partial charge in [-0.2, -0.15) is 0 Å². The van der Waals surface area contributed by atoms with Crippen LogP contribution in [-0.2, 0) is 6.54 Å². The molecule has 1 aromatic carbocycles. The van der Waals surface area contributed by atoms with E-state index in [2.05, 4.69) is 36.2 Å². The van der Waals surface area contributed by atoms with Crippen molar-refractivity contribution in [3.8, 4) is 0 Å². The number of rotatable bonds is 5. The molecule has 0 atom stereocenters. The normalized spacial score (nSPS) is 10.4. The lowest BCUT2D eigenvalue weighted by Gasteiger charge is -2.15. The Balaban J connectivity index is 2.34. The van der Waals surface area contributed by atoms with Gasteiger partial charge in [-0.05, 0) is 12.6 Å². The molecular formula is C11H16N2S. The van der Waals surface area contributed by atoms with E-state index in [-0.39, 0.29) is 0 Å². The van der Waals surface area contributed by atoms with Gasteiger partial charge in [0.2, 0.25) is 0 Å². The summed E-state index contributed by atoms with van der Waals surface area (Å²) in [5.41, 5.74) is 6.76. The van der Waals surface area contributed by atoms with Gasteiger partial charge in [-0.25, -0.2) is 0 Å². The van der Waals surface area contributed by atoms with Crippen LogP contribution in [0.3, 0.4) is 0 Å². The Kier molecular flexibility index (Phi) is 4.56. The minimum Gasteiger partial charge on any atom is -0.393 e. The second-order valence-corrected chi connectivity index (χ2v) is 3.96. The molecule has 0 aliphatic heterocycles. The van der Waals surface area contributed by atoms with Crippen LogP contribution >= 0.6 is 12.2 Å². The minimum absolute atomic E-state index is 0.588. The van der Waals surface area contributed by atoms with Crippen molar-refractivity contribution in [2.24, 2.45) is 5.73 Å². The molecule has 0 aromatic heterocycles. The summed E-state index contributed by atoms with van der Waals surface area (Å²) in [5, 5.41) is 0. The highest BCUT2D eigenvalue weighted by Gasteiger charge is 1.99. The lowest BCUT2D eigenvalue weighted by Crippen LogP contribution is -2.23. The Morgan fingerprint density at radius 3 is 2.57 bits per heavy atom. The van der Waals surface area contributed by atoms with E-state index in [0.717, 1.165) is 19.5 Å². The Hall–Kier alpha value is -0.930. The van der Waals surface area contributed by atoms with E-state index in [4.69, 9.17) is 18.0 Å². The average Bonchev–Trinajstić information content (AvgIpc) is 2.16. The largest absolute Gasteiger partial charge is 0.393 e. The van der Waals surface area contributed by atoms with Crippen molar-refractivity contribution in [1.82, 2.24) is 4.90 Å². The number of hydrogen-bond donors (Lipinski definition) is 1. The highest BCUT2D eigenvalue weighted by atomic mass is 32.1. The fourth-order valence-corrected chi connectivity index (χ4v) is 1.37. The summed E-state index contributed by atoms with van der Waals surface area (Å²) in [7, 11) is 2.07. The minimum atomic E-state index is 0.588. The topological polar surface area (TPSA) is 29.3 Å². The molecule has 0 spiro atoms. The van der Waals surface area contributed by atoms with Crippen LogP contribution in [0.15, 0.2) is 30.3 Å². The molecule has 0 aliphatic carbocycles. The van der Waals surface area contributed by atoms with E-state index in [1.807, 2.05) is 6.07 Å². The van der Waals surface area contributed by atoms with Crippen molar-refractivity contribution < 1.29 is 0 Å². The van der Waals surface area contributed by atoms with Crippen molar-refractivity contribution in [3.63, 3.8) is 0 Å². The predicted octanol–water partition coefficient (Wildman–Crippen LogP) is 1.79. The molecule has 1 rings (SSSR count). The Morgan fingerprint density at radius 1 is 1.36 bits per heavy atom. The molecule has 1 aromatic rings. The quantitative estimate of drug-likeness (QED) is 0.748. The molecule has 0 radical (unpaired) electrons. The zero-order chi connectivity index (χ0) is 10.4. The smallest absolute Gasteiger partial charge is 0.0740 e. The van der Waals surface area contributed by atoms with Gasteiger partial charge in [0.1, 0.15) is 0 Å². The number of nitrogens with two attached hydrogens (primary N) is 1. The SMILES string of the molecule is CN(CCC(N)=S)Cc1ccccc1. The summed E-state index contributed by atoms with van der Waals surface area (Å²) in [4.78, 5) is 2.80. The number of hydrogen-bond acceptors (Lipinski definition) is 2. The van der Waals surface area contributed by atoms with Crippen molar-refractivity contribution >= 4 is 17.2 Å². The van der Waals surface area contributed by atoms with Crippen LogP contribution in [0.1, 0.15) is 12.0 Å². The molecule has 2 nitrogen and oxygen atoms in total. The number of nitrogens with zero attached hydrogens (tertiary/aromatic N) is 1. The first-order valence-corrected chi connectivity index (χ1v) is 5.10. The third-order valence-corrected chi connectivity index (χ3v) is 2.24. The van der Waals surface area contributed by atoms with Crippen LogP contribution in [0.4, 0.5) is 0 Å². The first-order valence-electron chi connectivity index (χ1n) is 4.69.